The van der Waals surface area contributed by atoms with Gasteiger partial charge in [0.25, 0.3) is 11.8 Å². The number of thiophene rings is 1. The number of carbonyl (C=O) groups excluding carboxylic acids is 5. The molecule has 11 nitrogen and oxygen atoms in total. The number of benzene rings is 3. The molecule has 4 aromatic rings. The molecule has 1 unspecified atom stereocenters. The Bertz CT molecular complexity index is 2060. The summed E-state index contributed by atoms with van der Waals surface area (Å²) in [5, 5.41) is 8.65. The highest BCUT2D eigenvalue weighted by Gasteiger charge is 2.33. The zero-order valence-electron chi connectivity index (χ0n) is 29.8. The fourth-order valence-electron chi connectivity index (χ4n) is 5.31. The number of rotatable bonds is 10. The third-order valence-corrected chi connectivity index (χ3v) is 10.3. The summed E-state index contributed by atoms with van der Waals surface area (Å²) in [6.45, 7) is 7.71. The second kappa shape index (κ2) is 17.1. The van der Waals surface area contributed by atoms with E-state index in [1.165, 1.54) is 36.3 Å². The molecule has 3 N–H and O–H groups in total. The summed E-state index contributed by atoms with van der Waals surface area (Å²) in [6.07, 6.45) is 1.49. The molecule has 0 spiro atoms. The van der Waals surface area contributed by atoms with Gasteiger partial charge >= 0.3 is 12.1 Å². The number of methoxy groups -OCH3 is 1. The molecule has 0 saturated carbocycles. The Hall–Kier alpha value is -5.11. The van der Waals surface area contributed by atoms with Crippen molar-refractivity contribution >= 4 is 81.2 Å². The Labute approximate surface area is 321 Å². The molecule has 4 amide bonds. The second-order valence-electron chi connectivity index (χ2n) is 13.0. The zero-order valence-corrected chi connectivity index (χ0v) is 32.2. The monoisotopic (exact) mass is 774 g/mol. The lowest BCUT2D eigenvalue weighted by atomic mass is 10.0. The van der Waals surface area contributed by atoms with Crippen LogP contribution in [-0.2, 0) is 32.0 Å². The van der Waals surface area contributed by atoms with Crippen LogP contribution in [-0.4, -0.2) is 59.2 Å². The van der Waals surface area contributed by atoms with Gasteiger partial charge in [0.15, 0.2) is 0 Å². The number of hydrogen-bond acceptors (Lipinski definition) is 9. The van der Waals surface area contributed by atoms with Crippen molar-refractivity contribution < 1.29 is 33.4 Å². The minimum atomic E-state index is -0.653. The fraction of sp³-hybridized carbons (Fsp3) is 0.256. The van der Waals surface area contributed by atoms with Crippen LogP contribution in [0.2, 0.25) is 5.02 Å². The normalized spacial score (nSPS) is 13.3. The maximum atomic E-state index is 13.6. The summed E-state index contributed by atoms with van der Waals surface area (Å²) in [5.41, 5.74) is 1.81. The van der Waals surface area contributed by atoms with Crippen molar-refractivity contribution in [1.29, 1.82) is 0 Å². The summed E-state index contributed by atoms with van der Waals surface area (Å²) in [5.74, 6) is -1.95. The lowest BCUT2D eigenvalue weighted by Gasteiger charge is -2.30. The van der Waals surface area contributed by atoms with Crippen LogP contribution in [0.25, 0.3) is 6.08 Å². The van der Waals surface area contributed by atoms with E-state index < -0.39 is 34.7 Å². The van der Waals surface area contributed by atoms with Crippen molar-refractivity contribution in [3.8, 4) is 0 Å². The van der Waals surface area contributed by atoms with Gasteiger partial charge in [-0.05, 0) is 93.8 Å². The van der Waals surface area contributed by atoms with Gasteiger partial charge < -0.3 is 30.3 Å². The van der Waals surface area contributed by atoms with E-state index in [0.717, 1.165) is 10.4 Å². The van der Waals surface area contributed by atoms with Gasteiger partial charge in [-0.1, -0.05) is 48.0 Å². The number of amides is 4. The maximum Gasteiger partial charge on any atom is 0.410 e. The molecule has 276 valence electrons. The number of carbonyl (C=O) groups is 5. The molecule has 1 aromatic heterocycles. The number of nitrogens with zero attached hydrogens (tertiary/aromatic N) is 1. The molecule has 0 radical (unpaired) electrons. The lowest BCUT2D eigenvalue weighted by molar-refractivity contribution is -0.115. The largest absolute Gasteiger partial charge is 0.465 e. The number of hydrogen-bond donors (Lipinski definition) is 3. The summed E-state index contributed by atoms with van der Waals surface area (Å²) in [7, 11) is 1.28. The van der Waals surface area contributed by atoms with E-state index in [1.54, 1.807) is 111 Å². The number of ether oxygens (including phenoxy) is 2. The van der Waals surface area contributed by atoms with E-state index in [-0.39, 0.29) is 23.7 Å². The number of fused-ring (bicyclic) bond motifs is 1. The van der Waals surface area contributed by atoms with Gasteiger partial charge in [-0.3, -0.25) is 14.4 Å². The van der Waals surface area contributed by atoms with E-state index in [4.69, 9.17) is 21.1 Å². The Kier molecular flexibility index (Phi) is 12.7. The number of esters is 1. The number of anilines is 2. The van der Waals surface area contributed by atoms with Crippen molar-refractivity contribution in [2.24, 2.45) is 0 Å². The van der Waals surface area contributed by atoms with Gasteiger partial charge in [-0.25, -0.2) is 9.59 Å². The first-order valence-electron chi connectivity index (χ1n) is 16.6. The third kappa shape index (κ3) is 10.5. The summed E-state index contributed by atoms with van der Waals surface area (Å²) < 4.78 is 10.6. The van der Waals surface area contributed by atoms with Crippen molar-refractivity contribution in [3.05, 3.63) is 117 Å². The number of halogens is 1. The summed E-state index contributed by atoms with van der Waals surface area (Å²) >= 11 is 8.65. The van der Waals surface area contributed by atoms with Crippen LogP contribution in [0.5, 0.6) is 0 Å². The first-order valence-corrected chi connectivity index (χ1v) is 18.7. The summed E-state index contributed by atoms with van der Waals surface area (Å²) in [6, 6.07) is 22.4. The molecule has 53 heavy (non-hydrogen) atoms. The fourth-order valence-corrected chi connectivity index (χ4v) is 7.69. The standard InChI is InChI=1S/C39H39ClN4O7S2/c1-23(33(45)43-36-32(37(48)50-5)29-17-18-44(22-31(29)53-36)38(49)51-39(2,3)4)52-28-16-10-15-27(21-28)41-35(47)30(20-24-11-9-14-26(40)19-24)42-34(46)25-12-7-6-8-13-25/h6-16,19-21,23H,17-18,22H2,1-5H3,(H,41,47)(H,42,46)(H,43,45)/b30-20-. The van der Waals surface area contributed by atoms with Crippen LogP contribution in [0, 0.1) is 0 Å². The molecule has 1 aliphatic heterocycles. The lowest BCUT2D eigenvalue weighted by Crippen LogP contribution is -2.39. The van der Waals surface area contributed by atoms with Crippen molar-refractivity contribution in [3.63, 3.8) is 0 Å². The van der Waals surface area contributed by atoms with Gasteiger partial charge in [0.2, 0.25) is 5.91 Å². The van der Waals surface area contributed by atoms with Gasteiger partial charge in [0.1, 0.15) is 16.3 Å². The summed E-state index contributed by atoms with van der Waals surface area (Å²) in [4.78, 5) is 68.7. The molecule has 14 heteroatoms. The molecule has 2 heterocycles. The van der Waals surface area contributed by atoms with Crippen LogP contribution in [0.1, 0.15) is 64.4 Å². The van der Waals surface area contributed by atoms with Crippen LogP contribution in [0.15, 0.2) is 89.5 Å². The highest BCUT2D eigenvalue weighted by Crippen LogP contribution is 2.39. The smallest absolute Gasteiger partial charge is 0.410 e. The van der Waals surface area contributed by atoms with Crippen molar-refractivity contribution in [2.45, 2.75) is 56.4 Å². The number of nitrogens with one attached hydrogen (secondary N) is 3. The maximum absolute atomic E-state index is 13.6. The molecular formula is C39H39ClN4O7S2. The first kappa shape index (κ1) is 39.1. The van der Waals surface area contributed by atoms with Crippen LogP contribution in [0.3, 0.4) is 0 Å². The van der Waals surface area contributed by atoms with E-state index in [9.17, 15) is 24.0 Å². The van der Waals surface area contributed by atoms with Crippen molar-refractivity contribution in [2.75, 3.05) is 24.3 Å². The minimum Gasteiger partial charge on any atom is -0.465 e. The predicted molar refractivity (Wildman–Crippen MR) is 208 cm³/mol. The van der Waals surface area contributed by atoms with Crippen LogP contribution < -0.4 is 16.0 Å². The zero-order chi connectivity index (χ0) is 38.3. The Morgan fingerprint density at radius 1 is 0.962 bits per heavy atom. The van der Waals surface area contributed by atoms with Gasteiger partial charge in [-0.15, -0.1) is 23.1 Å². The minimum absolute atomic E-state index is 0.00110. The molecule has 0 bridgehead atoms. The Balaban J connectivity index is 1.28. The molecule has 1 atom stereocenters. The van der Waals surface area contributed by atoms with Crippen LogP contribution >= 0.6 is 34.7 Å². The SMILES string of the molecule is COC(=O)c1c(NC(=O)C(C)Sc2cccc(NC(=O)/C(=C/c3cccc(Cl)c3)NC(=O)c3ccccc3)c2)sc2c1CCN(C(=O)OC(C)(C)C)C2. The highest BCUT2D eigenvalue weighted by atomic mass is 35.5. The van der Waals surface area contributed by atoms with E-state index in [2.05, 4.69) is 16.0 Å². The van der Waals surface area contributed by atoms with E-state index in [1.807, 2.05) is 0 Å². The van der Waals surface area contributed by atoms with E-state index in [0.29, 0.717) is 44.7 Å². The Morgan fingerprint density at radius 2 is 1.70 bits per heavy atom. The average molecular weight is 775 g/mol. The molecule has 3 aromatic carbocycles. The molecule has 0 saturated heterocycles. The van der Waals surface area contributed by atoms with Gasteiger partial charge in [0.05, 0.1) is 24.5 Å². The quantitative estimate of drug-likeness (QED) is 0.0836. The highest BCUT2D eigenvalue weighted by molar-refractivity contribution is 8.00. The average Bonchev–Trinajstić information content (AvgIpc) is 3.47. The first-order chi connectivity index (χ1) is 25.2. The molecule has 1 aliphatic rings. The predicted octanol–water partition coefficient (Wildman–Crippen LogP) is 8.01. The Morgan fingerprint density at radius 3 is 2.40 bits per heavy atom. The molecule has 0 aliphatic carbocycles. The second-order valence-corrected chi connectivity index (χ2v) is 16.0. The molecule has 5 rings (SSSR count). The van der Waals surface area contributed by atoms with E-state index >= 15 is 0 Å². The molecule has 0 fully saturated rings. The number of thioether (sulfide) groups is 1. The van der Waals surface area contributed by atoms with Gasteiger partial charge in [0, 0.05) is 32.6 Å². The van der Waals surface area contributed by atoms with Gasteiger partial charge in [-0.2, -0.15) is 0 Å². The van der Waals surface area contributed by atoms with Crippen molar-refractivity contribution in [1.82, 2.24) is 10.2 Å². The topological polar surface area (TPSA) is 143 Å². The van der Waals surface area contributed by atoms with Crippen LogP contribution in [0.4, 0.5) is 15.5 Å². The third-order valence-electron chi connectivity index (χ3n) is 7.80. The molecular weight excluding hydrogens is 736 g/mol.